The molecule has 11 heteroatoms. The third kappa shape index (κ3) is 7.68. The molecule has 1 aromatic heterocycles. The highest BCUT2D eigenvalue weighted by molar-refractivity contribution is 7.46. The molecular formula is C18H27N4O6P. The van der Waals surface area contributed by atoms with Gasteiger partial charge in [0, 0.05) is 17.7 Å². The lowest BCUT2D eigenvalue weighted by Gasteiger charge is -2.23. The van der Waals surface area contributed by atoms with Crippen molar-refractivity contribution < 1.29 is 28.2 Å². The largest absolute Gasteiger partial charge is 0.469 e. The van der Waals surface area contributed by atoms with Gasteiger partial charge in [-0.1, -0.05) is 31.3 Å². The Labute approximate surface area is 169 Å². The van der Waals surface area contributed by atoms with Crippen molar-refractivity contribution in [3.05, 3.63) is 30.2 Å². The van der Waals surface area contributed by atoms with Crippen LogP contribution in [0.25, 0.3) is 11.4 Å². The summed E-state index contributed by atoms with van der Waals surface area (Å²) in [5, 5.41) is 6.56. The molecular weight excluding hydrogens is 399 g/mol. The van der Waals surface area contributed by atoms with E-state index >= 15 is 0 Å². The molecule has 5 N–H and O–H groups in total. The van der Waals surface area contributed by atoms with E-state index in [4.69, 9.17) is 20.0 Å². The molecule has 0 aliphatic rings. The normalized spacial score (nSPS) is 13.8. The molecule has 1 aromatic carbocycles. The van der Waals surface area contributed by atoms with Crippen molar-refractivity contribution >= 4 is 19.4 Å². The number of benzene rings is 1. The number of hydrogen-bond donors (Lipinski definition) is 4. The van der Waals surface area contributed by atoms with E-state index in [0.29, 0.717) is 17.4 Å². The van der Waals surface area contributed by atoms with E-state index in [0.717, 1.165) is 31.2 Å². The van der Waals surface area contributed by atoms with Crippen LogP contribution >= 0.6 is 7.82 Å². The number of nitrogens with zero attached hydrogens (tertiary/aromatic N) is 2. The summed E-state index contributed by atoms with van der Waals surface area (Å²) in [5.74, 6) is 0.414. The third-order valence-corrected chi connectivity index (χ3v) is 4.63. The molecule has 1 heterocycles. The Morgan fingerprint density at radius 3 is 2.59 bits per heavy atom. The minimum atomic E-state index is -4.72. The van der Waals surface area contributed by atoms with E-state index in [1.807, 2.05) is 0 Å². The fraction of sp³-hybridized carbons (Fsp3) is 0.500. The molecule has 10 nitrogen and oxygen atoms in total. The van der Waals surface area contributed by atoms with Crippen LogP contribution in [0.1, 0.15) is 45.4 Å². The minimum absolute atomic E-state index is 0.454. The summed E-state index contributed by atoms with van der Waals surface area (Å²) in [7, 11) is -4.72. The summed E-state index contributed by atoms with van der Waals surface area (Å²) < 4.78 is 20.4. The van der Waals surface area contributed by atoms with Gasteiger partial charge in [-0.2, -0.15) is 4.98 Å². The topological polar surface area (TPSA) is 161 Å². The number of carbonyl (C=O) groups is 1. The van der Waals surface area contributed by atoms with Gasteiger partial charge in [0.1, 0.15) is 5.54 Å². The van der Waals surface area contributed by atoms with Gasteiger partial charge in [-0.3, -0.25) is 9.32 Å². The molecule has 29 heavy (non-hydrogen) atoms. The van der Waals surface area contributed by atoms with Crippen LogP contribution in [0.5, 0.6) is 0 Å². The number of amides is 1. The zero-order valence-corrected chi connectivity index (χ0v) is 17.4. The highest BCUT2D eigenvalue weighted by Gasteiger charge is 2.32. The number of phosphoric acid groups is 1. The van der Waals surface area contributed by atoms with Crippen molar-refractivity contribution in [2.24, 2.45) is 5.73 Å². The summed E-state index contributed by atoms with van der Waals surface area (Å²) in [6.45, 7) is 2.83. The minimum Gasteiger partial charge on any atom is -0.339 e. The number of unbranched alkanes of at least 4 members (excludes halogenated alkanes) is 3. The quantitative estimate of drug-likeness (QED) is 0.313. The van der Waals surface area contributed by atoms with Gasteiger partial charge in [0.05, 0.1) is 6.61 Å². The third-order valence-electron chi connectivity index (χ3n) is 4.16. The Morgan fingerprint density at radius 1 is 1.28 bits per heavy atom. The van der Waals surface area contributed by atoms with Crippen molar-refractivity contribution in [3.63, 3.8) is 0 Å². The summed E-state index contributed by atoms with van der Waals surface area (Å²) in [6, 6.07) is 6.73. The van der Waals surface area contributed by atoms with Gasteiger partial charge in [-0.25, -0.2) is 4.57 Å². The van der Waals surface area contributed by atoms with Gasteiger partial charge in [-0.05, 0) is 37.6 Å². The average molecular weight is 426 g/mol. The lowest BCUT2D eigenvalue weighted by molar-refractivity contribution is -0.121. The fourth-order valence-electron chi connectivity index (χ4n) is 2.44. The predicted molar refractivity (Wildman–Crippen MR) is 107 cm³/mol. The van der Waals surface area contributed by atoms with Crippen molar-refractivity contribution in [1.82, 2.24) is 10.1 Å². The number of anilines is 1. The SMILES string of the molecule is CCCCCCc1nc(-c2ccc(NC(=O)[C@@](C)(N)COP(=O)(O)O)cc2)no1. The van der Waals surface area contributed by atoms with Gasteiger partial charge in [-0.15, -0.1) is 0 Å². The van der Waals surface area contributed by atoms with Gasteiger partial charge in [0.15, 0.2) is 0 Å². The van der Waals surface area contributed by atoms with E-state index < -0.39 is 25.9 Å². The van der Waals surface area contributed by atoms with Gasteiger partial charge >= 0.3 is 7.82 Å². The number of nitrogens with one attached hydrogen (secondary N) is 1. The lowest BCUT2D eigenvalue weighted by Crippen LogP contribution is -2.52. The van der Waals surface area contributed by atoms with Crippen LogP contribution in [0.15, 0.2) is 28.8 Å². The summed E-state index contributed by atoms with van der Waals surface area (Å²) >= 11 is 0. The summed E-state index contributed by atoms with van der Waals surface area (Å²) in [5.41, 5.74) is 5.34. The summed E-state index contributed by atoms with van der Waals surface area (Å²) in [6.07, 6.45) is 5.22. The molecule has 0 unspecified atom stereocenters. The Bertz CT molecular complexity index is 846. The first-order valence-corrected chi connectivity index (χ1v) is 10.9. The van der Waals surface area contributed by atoms with Crippen LogP contribution in [0.2, 0.25) is 0 Å². The first-order valence-electron chi connectivity index (χ1n) is 9.34. The zero-order valence-electron chi connectivity index (χ0n) is 16.5. The molecule has 2 aromatic rings. The monoisotopic (exact) mass is 426 g/mol. The molecule has 0 saturated heterocycles. The lowest BCUT2D eigenvalue weighted by atomic mass is 10.0. The van der Waals surface area contributed by atoms with Crippen LogP contribution < -0.4 is 11.1 Å². The van der Waals surface area contributed by atoms with Crippen LogP contribution in [0.4, 0.5) is 5.69 Å². The second-order valence-corrected chi connectivity index (χ2v) is 8.27. The molecule has 1 amide bonds. The second kappa shape index (κ2) is 10.1. The summed E-state index contributed by atoms with van der Waals surface area (Å²) in [4.78, 5) is 34.1. The van der Waals surface area contributed by atoms with Crippen LogP contribution in [-0.2, 0) is 20.3 Å². The van der Waals surface area contributed by atoms with E-state index in [1.54, 1.807) is 24.3 Å². The Balaban J connectivity index is 1.94. The number of carbonyl (C=O) groups excluding carboxylic acids is 1. The average Bonchev–Trinajstić information content (AvgIpc) is 3.13. The maximum atomic E-state index is 12.2. The van der Waals surface area contributed by atoms with Crippen molar-refractivity contribution in [3.8, 4) is 11.4 Å². The maximum absolute atomic E-state index is 12.2. The van der Waals surface area contributed by atoms with Gasteiger partial charge < -0.3 is 25.4 Å². The van der Waals surface area contributed by atoms with Crippen molar-refractivity contribution in [1.29, 1.82) is 0 Å². The van der Waals surface area contributed by atoms with Crippen molar-refractivity contribution in [2.45, 2.75) is 51.5 Å². The number of aromatic nitrogens is 2. The molecule has 0 saturated carbocycles. The van der Waals surface area contributed by atoms with Crippen LogP contribution in [-0.4, -0.2) is 38.0 Å². The van der Waals surface area contributed by atoms with E-state index in [2.05, 4.69) is 26.9 Å². The number of nitrogens with two attached hydrogens (primary N) is 1. The standard InChI is InChI=1S/C18H27N4O6P/c1-3-4-5-6-7-15-21-16(22-28-15)13-8-10-14(11-9-13)20-17(23)18(2,19)12-27-29(24,25)26/h8-11H,3-7,12,19H2,1-2H3,(H,20,23)(H2,24,25,26)/t18-/m0/s1. The molecule has 2 rings (SSSR count). The molecule has 0 aliphatic carbocycles. The first-order chi connectivity index (χ1) is 13.6. The number of hydrogen-bond acceptors (Lipinski definition) is 7. The Kier molecular flexibility index (Phi) is 8.06. The number of phosphoric ester groups is 1. The van der Waals surface area contributed by atoms with E-state index in [-0.39, 0.29) is 0 Å². The fourth-order valence-corrected chi connectivity index (χ4v) is 2.87. The molecule has 0 aliphatic heterocycles. The molecule has 0 spiro atoms. The smallest absolute Gasteiger partial charge is 0.339 e. The Morgan fingerprint density at radius 2 is 1.97 bits per heavy atom. The van der Waals surface area contributed by atoms with Crippen molar-refractivity contribution in [2.75, 3.05) is 11.9 Å². The number of rotatable bonds is 11. The molecule has 0 radical (unpaired) electrons. The van der Waals surface area contributed by atoms with Crippen LogP contribution in [0, 0.1) is 0 Å². The van der Waals surface area contributed by atoms with Crippen LogP contribution in [0.3, 0.4) is 0 Å². The highest BCUT2D eigenvalue weighted by atomic mass is 31.2. The molecule has 0 fully saturated rings. The predicted octanol–water partition coefficient (Wildman–Crippen LogP) is 2.62. The number of aryl methyl sites for hydroxylation is 1. The highest BCUT2D eigenvalue weighted by Crippen LogP contribution is 2.36. The molecule has 0 bridgehead atoms. The van der Waals surface area contributed by atoms with Gasteiger partial charge in [0.25, 0.3) is 0 Å². The molecule has 160 valence electrons. The van der Waals surface area contributed by atoms with E-state index in [9.17, 15) is 9.36 Å². The Hall–Kier alpha value is -2.10. The zero-order chi connectivity index (χ0) is 21.5. The van der Waals surface area contributed by atoms with E-state index in [1.165, 1.54) is 13.3 Å². The van der Waals surface area contributed by atoms with Gasteiger partial charge in [0.2, 0.25) is 17.6 Å². The molecule has 1 atom stereocenters. The maximum Gasteiger partial charge on any atom is 0.469 e. The second-order valence-electron chi connectivity index (χ2n) is 7.04. The first kappa shape index (κ1) is 23.2.